The van der Waals surface area contributed by atoms with Crippen LogP contribution in [0.5, 0.6) is 5.75 Å². The Hall–Kier alpha value is -1.59. The molecular formula is C13H19NO4. The van der Waals surface area contributed by atoms with Gasteiger partial charge in [-0.15, -0.1) is 0 Å². The molecule has 0 heterocycles. The van der Waals surface area contributed by atoms with Crippen molar-refractivity contribution in [2.45, 2.75) is 6.92 Å². The highest BCUT2D eigenvalue weighted by molar-refractivity contribution is 5.96. The van der Waals surface area contributed by atoms with Crippen molar-refractivity contribution in [3.8, 4) is 5.75 Å². The van der Waals surface area contributed by atoms with Crippen LogP contribution in [0, 0.1) is 0 Å². The van der Waals surface area contributed by atoms with E-state index >= 15 is 0 Å². The number of benzene rings is 1. The molecule has 100 valence electrons. The summed E-state index contributed by atoms with van der Waals surface area (Å²) in [6.45, 7) is 3.44. The van der Waals surface area contributed by atoms with E-state index in [4.69, 9.17) is 14.6 Å². The lowest BCUT2D eigenvalue weighted by atomic mass is 10.2. The highest BCUT2D eigenvalue weighted by atomic mass is 16.5. The fourth-order valence-corrected chi connectivity index (χ4v) is 1.43. The molecule has 0 bridgehead atoms. The van der Waals surface area contributed by atoms with Crippen molar-refractivity contribution in [3.05, 3.63) is 29.8 Å². The van der Waals surface area contributed by atoms with E-state index < -0.39 is 0 Å². The third-order valence-electron chi connectivity index (χ3n) is 2.20. The summed E-state index contributed by atoms with van der Waals surface area (Å²) in [5.41, 5.74) is 0.515. The SMILES string of the molecule is CCOc1ccccc1C(=O)NCCOCCO. The molecule has 5 nitrogen and oxygen atoms in total. The number of ether oxygens (including phenoxy) is 2. The van der Waals surface area contributed by atoms with Gasteiger partial charge < -0.3 is 19.9 Å². The molecule has 0 saturated heterocycles. The fourth-order valence-electron chi connectivity index (χ4n) is 1.43. The Morgan fingerprint density at radius 3 is 2.83 bits per heavy atom. The van der Waals surface area contributed by atoms with Gasteiger partial charge in [-0.05, 0) is 19.1 Å². The van der Waals surface area contributed by atoms with Gasteiger partial charge in [0.15, 0.2) is 0 Å². The van der Waals surface area contributed by atoms with Crippen LogP contribution in [-0.4, -0.2) is 44.0 Å². The van der Waals surface area contributed by atoms with Crippen molar-refractivity contribution < 1.29 is 19.4 Å². The Morgan fingerprint density at radius 1 is 1.33 bits per heavy atom. The normalized spacial score (nSPS) is 10.1. The first-order chi connectivity index (χ1) is 8.79. The maximum absolute atomic E-state index is 11.9. The molecule has 1 rings (SSSR count). The zero-order valence-electron chi connectivity index (χ0n) is 10.5. The zero-order valence-corrected chi connectivity index (χ0v) is 10.5. The Morgan fingerprint density at radius 2 is 2.11 bits per heavy atom. The molecule has 0 saturated carbocycles. The van der Waals surface area contributed by atoms with Crippen LogP contribution >= 0.6 is 0 Å². The predicted octanol–water partition coefficient (Wildman–Crippen LogP) is 0.824. The molecule has 1 amide bonds. The van der Waals surface area contributed by atoms with E-state index in [1.165, 1.54) is 0 Å². The molecular weight excluding hydrogens is 234 g/mol. The van der Waals surface area contributed by atoms with E-state index in [0.29, 0.717) is 31.1 Å². The van der Waals surface area contributed by atoms with E-state index in [-0.39, 0.29) is 19.1 Å². The molecule has 5 heteroatoms. The van der Waals surface area contributed by atoms with Gasteiger partial charge >= 0.3 is 0 Å². The second-order valence-corrected chi connectivity index (χ2v) is 3.52. The monoisotopic (exact) mass is 253 g/mol. The van der Waals surface area contributed by atoms with Gasteiger partial charge in [-0.25, -0.2) is 0 Å². The summed E-state index contributed by atoms with van der Waals surface area (Å²) < 4.78 is 10.4. The van der Waals surface area contributed by atoms with Gasteiger partial charge in [0.25, 0.3) is 5.91 Å². The van der Waals surface area contributed by atoms with Crippen LogP contribution < -0.4 is 10.1 Å². The van der Waals surface area contributed by atoms with Crippen molar-refractivity contribution in [2.75, 3.05) is 33.0 Å². The number of rotatable bonds is 8. The molecule has 0 fully saturated rings. The average Bonchev–Trinajstić information content (AvgIpc) is 2.39. The highest BCUT2D eigenvalue weighted by Crippen LogP contribution is 2.17. The summed E-state index contributed by atoms with van der Waals surface area (Å²) >= 11 is 0. The van der Waals surface area contributed by atoms with Gasteiger partial charge in [-0.2, -0.15) is 0 Å². The van der Waals surface area contributed by atoms with Crippen molar-refractivity contribution in [1.82, 2.24) is 5.32 Å². The minimum Gasteiger partial charge on any atom is -0.493 e. The summed E-state index contributed by atoms with van der Waals surface area (Å²) in [5, 5.41) is 11.3. The van der Waals surface area contributed by atoms with Crippen LogP contribution in [0.25, 0.3) is 0 Å². The lowest BCUT2D eigenvalue weighted by Gasteiger charge is -2.10. The standard InChI is InChI=1S/C13H19NO4/c1-2-18-12-6-4-3-5-11(12)13(16)14-7-9-17-10-8-15/h3-6,15H,2,7-10H2,1H3,(H,14,16). The molecule has 2 N–H and O–H groups in total. The lowest BCUT2D eigenvalue weighted by molar-refractivity contribution is 0.0836. The van der Waals surface area contributed by atoms with Gasteiger partial charge in [-0.3, -0.25) is 4.79 Å². The van der Waals surface area contributed by atoms with E-state index in [1.54, 1.807) is 18.2 Å². The molecule has 0 atom stereocenters. The molecule has 0 aliphatic heterocycles. The number of hydrogen-bond donors (Lipinski definition) is 2. The first-order valence-corrected chi connectivity index (χ1v) is 5.98. The van der Waals surface area contributed by atoms with E-state index in [0.717, 1.165) is 0 Å². The summed E-state index contributed by atoms with van der Waals surface area (Å²) in [4.78, 5) is 11.9. The number of carbonyl (C=O) groups excluding carboxylic acids is 1. The first kappa shape index (κ1) is 14.5. The van der Waals surface area contributed by atoms with Gasteiger partial charge in [0.05, 0.1) is 32.0 Å². The highest BCUT2D eigenvalue weighted by Gasteiger charge is 2.10. The topological polar surface area (TPSA) is 67.8 Å². The maximum atomic E-state index is 11.9. The van der Waals surface area contributed by atoms with Gasteiger partial charge in [0.1, 0.15) is 5.75 Å². The maximum Gasteiger partial charge on any atom is 0.255 e. The number of hydrogen-bond acceptors (Lipinski definition) is 4. The number of amides is 1. The second kappa shape index (κ2) is 8.49. The molecule has 0 radical (unpaired) electrons. The third-order valence-corrected chi connectivity index (χ3v) is 2.20. The van der Waals surface area contributed by atoms with E-state index in [9.17, 15) is 4.79 Å². The summed E-state index contributed by atoms with van der Waals surface area (Å²) in [7, 11) is 0. The fraction of sp³-hybridized carbons (Fsp3) is 0.462. The number of aliphatic hydroxyl groups excluding tert-OH is 1. The predicted molar refractivity (Wildman–Crippen MR) is 67.8 cm³/mol. The quantitative estimate of drug-likeness (QED) is 0.673. The molecule has 0 spiro atoms. The Balaban J connectivity index is 2.45. The van der Waals surface area contributed by atoms with Crippen molar-refractivity contribution >= 4 is 5.91 Å². The smallest absolute Gasteiger partial charge is 0.255 e. The number of aliphatic hydroxyl groups is 1. The van der Waals surface area contributed by atoms with Crippen LogP contribution in [0.3, 0.4) is 0 Å². The molecule has 0 aliphatic carbocycles. The summed E-state index contributed by atoms with van der Waals surface area (Å²) in [6, 6.07) is 7.10. The summed E-state index contributed by atoms with van der Waals surface area (Å²) in [6.07, 6.45) is 0. The van der Waals surface area contributed by atoms with Crippen LogP contribution in [0.15, 0.2) is 24.3 Å². The Bertz CT molecular complexity index is 368. The minimum absolute atomic E-state index is 0.0128. The minimum atomic E-state index is -0.188. The van der Waals surface area contributed by atoms with Crippen LogP contribution in [-0.2, 0) is 4.74 Å². The lowest BCUT2D eigenvalue weighted by Crippen LogP contribution is -2.28. The van der Waals surface area contributed by atoms with Gasteiger partial charge in [0, 0.05) is 6.54 Å². The second-order valence-electron chi connectivity index (χ2n) is 3.52. The molecule has 1 aromatic rings. The molecule has 0 aliphatic rings. The van der Waals surface area contributed by atoms with Crippen LogP contribution in [0.4, 0.5) is 0 Å². The third kappa shape index (κ3) is 4.73. The Kier molecular flexibility index (Phi) is 6.83. The molecule has 0 unspecified atom stereocenters. The van der Waals surface area contributed by atoms with Crippen molar-refractivity contribution in [2.24, 2.45) is 0 Å². The molecule has 18 heavy (non-hydrogen) atoms. The first-order valence-electron chi connectivity index (χ1n) is 5.98. The van der Waals surface area contributed by atoms with E-state index in [1.807, 2.05) is 13.0 Å². The zero-order chi connectivity index (χ0) is 13.2. The largest absolute Gasteiger partial charge is 0.493 e. The number of para-hydroxylation sites is 1. The molecule has 1 aromatic carbocycles. The van der Waals surface area contributed by atoms with E-state index in [2.05, 4.69) is 5.32 Å². The molecule has 0 aromatic heterocycles. The van der Waals surface area contributed by atoms with Crippen molar-refractivity contribution in [3.63, 3.8) is 0 Å². The summed E-state index contributed by atoms with van der Waals surface area (Å²) in [5.74, 6) is 0.389. The van der Waals surface area contributed by atoms with Crippen molar-refractivity contribution in [1.29, 1.82) is 0 Å². The van der Waals surface area contributed by atoms with Gasteiger partial charge in [-0.1, -0.05) is 12.1 Å². The Labute approximate surface area is 107 Å². The average molecular weight is 253 g/mol. The number of nitrogens with one attached hydrogen (secondary N) is 1. The van der Waals surface area contributed by atoms with Crippen LogP contribution in [0.1, 0.15) is 17.3 Å². The number of carbonyl (C=O) groups is 1. The van der Waals surface area contributed by atoms with Gasteiger partial charge in [0.2, 0.25) is 0 Å². The van der Waals surface area contributed by atoms with Crippen LogP contribution in [0.2, 0.25) is 0 Å².